The highest BCUT2D eigenvalue weighted by Crippen LogP contribution is 2.25. The Hall–Kier alpha value is -2.42. The molecule has 1 amide bonds. The van der Waals surface area contributed by atoms with Gasteiger partial charge in [-0.25, -0.2) is 0 Å². The Bertz CT molecular complexity index is 743. The minimum atomic E-state index is -0.121. The molecule has 0 fully saturated rings. The van der Waals surface area contributed by atoms with Crippen LogP contribution in [0.2, 0.25) is 0 Å². The van der Waals surface area contributed by atoms with Gasteiger partial charge < -0.3 is 5.32 Å². The Labute approximate surface area is 144 Å². The third-order valence-electron chi connectivity index (χ3n) is 4.16. The van der Waals surface area contributed by atoms with Crippen LogP contribution in [-0.4, -0.2) is 11.7 Å². The van der Waals surface area contributed by atoms with E-state index >= 15 is 0 Å². The van der Waals surface area contributed by atoms with Crippen molar-refractivity contribution >= 4 is 17.4 Å². The Kier molecular flexibility index (Phi) is 5.55. The summed E-state index contributed by atoms with van der Waals surface area (Å²) in [6.07, 6.45) is 0. The van der Waals surface area contributed by atoms with Gasteiger partial charge in [-0.3, -0.25) is 9.59 Å². The number of rotatable bonds is 5. The fraction of sp³-hybridized carbons (Fsp3) is 0.333. The summed E-state index contributed by atoms with van der Waals surface area (Å²) in [5.74, 6) is 0.590. The molecule has 0 aliphatic heterocycles. The number of carbonyl (C=O) groups excluding carboxylic acids is 2. The van der Waals surface area contributed by atoms with Gasteiger partial charge in [0.25, 0.3) is 5.91 Å². The first-order valence-corrected chi connectivity index (χ1v) is 8.35. The van der Waals surface area contributed by atoms with Crippen molar-refractivity contribution in [2.45, 2.75) is 46.5 Å². The van der Waals surface area contributed by atoms with E-state index in [1.165, 1.54) is 12.5 Å². The molecule has 0 saturated carbocycles. The van der Waals surface area contributed by atoms with Gasteiger partial charge in [0.05, 0.1) is 0 Å². The van der Waals surface area contributed by atoms with Crippen LogP contribution in [0.1, 0.15) is 78.3 Å². The van der Waals surface area contributed by atoms with Gasteiger partial charge in [-0.05, 0) is 60.2 Å². The van der Waals surface area contributed by atoms with Crippen molar-refractivity contribution in [1.29, 1.82) is 0 Å². The molecule has 126 valence electrons. The van der Waals surface area contributed by atoms with E-state index < -0.39 is 0 Å². The van der Waals surface area contributed by atoms with Gasteiger partial charge in [0.1, 0.15) is 0 Å². The third kappa shape index (κ3) is 4.10. The van der Waals surface area contributed by atoms with Gasteiger partial charge >= 0.3 is 0 Å². The normalized spacial score (nSPS) is 11.0. The van der Waals surface area contributed by atoms with Crippen molar-refractivity contribution in [3.8, 4) is 0 Å². The van der Waals surface area contributed by atoms with Gasteiger partial charge in [-0.2, -0.15) is 0 Å². The number of anilines is 1. The van der Waals surface area contributed by atoms with Crippen molar-refractivity contribution in [3.63, 3.8) is 0 Å². The van der Waals surface area contributed by atoms with E-state index in [0.717, 1.165) is 5.56 Å². The summed E-state index contributed by atoms with van der Waals surface area (Å²) < 4.78 is 0. The van der Waals surface area contributed by atoms with Crippen LogP contribution in [0.15, 0.2) is 42.5 Å². The summed E-state index contributed by atoms with van der Waals surface area (Å²) in [4.78, 5) is 24.0. The molecule has 0 atom stereocenters. The molecular formula is C21H25NO2. The quantitative estimate of drug-likeness (QED) is 0.750. The maximum atomic E-state index is 12.7. The van der Waals surface area contributed by atoms with Crippen molar-refractivity contribution in [2.75, 3.05) is 5.32 Å². The van der Waals surface area contributed by atoms with Crippen LogP contribution in [0, 0.1) is 0 Å². The third-order valence-corrected chi connectivity index (χ3v) is 4.16. The van der Waals surface area contributed by atoms with Gasteiger partial charge in [-0.15, -0.1) is 0 Å². The van der Waals surface area contributed by atoms with Gasteiger partial charge in [0, 0.05) is 16.8 Å². The summed E-state index contributed by atoms with van der Waals surface area (Å²) in [6.45, 7) is 10.0. The van der Waals surface area contributed by atoms with Crippen molar-refractivity contribution in [3.05, 3.63) is 64.7 Å². The molecule has 0 bridgehead atoms. The molecule has 1 N–H and O–H groups in total. The first kappa shape index (κ1) is 17.9. The van der Waals surface area contributed by atoms with E-state index in [9.17, 15) is 9.59 Å². The maximum absolute atomic E-state index is 12.7. The Morgan fingerprint density at radius 2 is 1.50 bits per heavy atom. The van der Waals surface area contributed by atoms with Crippen LogP contribution < -0.4 is 5.32 Å². The lowest BCUT2D eigenvalue weighted by atomic mass is 9.91. The van der Waals surface area contributed by atoms with E-state index in [1.54, 1.807) is 24.3 Å². The molecule has 0 saturated heterocycles. The fourth-order valence-corrected chi connectivity index (χ4v) is 2.61. The molecule has 3 nitrogen and oxygen atoms in total. The summed E-state index contributed by atoms with van der Waals surface area (Å²) in [5, 5.41) is 2.92. The second-order valence-corrected chi connectivity index (χ2v) is 6.74. The second kappa shape index (κ2) is 7.43. The van der Waals surface area contributed by atoms with Crippen LogP contribution in [0.5, 0.6) is 0 Å². The average molecular weight is 323 g/mol. The summed E-state index contributed by atoms with van der Waals surface area (Å²) in [6, 6.07) is 13.0. The topological polar surface area (TPSA) is 46.2 Å². The fourth-order valence-electron chi connectivity index (χ4n) is 2.61. The van der Waals surface area contributed by atoms with E-state index in [0.29, 0.717) is 22.7 Å². The molecule has 0 aromatic heterocycles. The Morgan fingerprint density at radius 3 is 2.00 bits per heavy atom. The summed E-state index contributed by atoms with van der Waals surface area (Å²) >= 11 is 0. The molecule has 0 heterocycles. The van der Waals surface area contributed by atoms with Gasteiger partial charge in [-0.1, -0.05) is 39.8 Å². The maximum Gasteiger partial charge on any atom is 0.255 e. The highest BCUT2D eigenvalue weighted by molar-refractivity contribution is 6.05. The predicted octanol–water partition coefficient (Wildman–Crippen LogP) is 5.39. The smallest absolute Gasteiger partial charge is 0.255 e. The molecule has 2 aromatic carbocycles. The number of hydrogen-bond donors (Lipinski definition) is 1. The summed E-state index contributed by atoms with van der Waals surface area (Å²) in [7, 11) is 0. The molecule has 0 aliphatic rings. The molecular weight excluding hydrogens is 298 g/mol. The molecule has 2 rings (SSSR count). The van der Waals surface area contributed by atoms with Crippen molar-refractivity contribution in [1.82, 2.24) is 0 Å². The molecule has 0 radical (unpaired) electrons. The second-order valence-electron chi connectivity index (χ2n) is 6.74. The standard InChI is InChI=1S/C21H25NO2/c1-13(2)17-8-11-19(20(12-17)14(3)4)21(24)22-18-9-6-16(7-10-18)15(5)23/h6-14H,1-5H3,(H,22,24). The molecule has 0 aliphatic carbocycles. The number of amides is 1. The zero-order valence-corrected chi connectivity index (χ0v) is 15.0. The first-order chi connectivity index (χ1) is 11.3. The van der Waals surface area contributed by atoms with Crippen LogP contribution in [0.4, 0.5) is 5.69 Å². The largest absolute Gasteiger partial charge is 0.322 e. The van der Waals surface area contributed by atoms with E-state index in [4.69, 9.17) is 0 Å². The van der Waals surface area contributed by atoms with Crippen molar-refractivity contribution < 1.29 is 9.59 Å². The van der Waals surface area contributed by atoms with Gasteiger partial charge in [0.2, 0.25) is 0 Å². The molecule has 3 heteroatoms. The predicted molar refractivity (Wildman–Crippen MR) is 99.0 cm³/mol. The highest BCUT2D eigenvalue weighted by atomic mass is 16.1. The average Bonchev–Trinajstić information content (AvgIpc) is 2.54. The van der Waals surface area contributed by atoms with E-state index in [2.05, 4.69) is 39.1 Å². The zero-order valence-electron chi connectivity index (χ0n) is 15.0. The lowest BCUT2D eigenvalue weighted by Crippen LogP contribution is -2.15. The van der Waals surface area contributed by atoms with Crippen LogP contribution in [0.3, 0.4) is 0 Å². The minimum absolute atomic E-state index is 0.0132. The number of Topliss-reactive ketones (excluding diaryl/α,β-unsaturated/α-hetero) is 1. The molecule has 0 spiro atoms. The number of hydrogen-bond acceptors (Lipinski definition) is 2. The number of benzene rings is 2. The zero-order chi connectivity index (χ0) is 17.9. The molecule has 0 unspecified atom stereocenters. The van der Waals surface area contributed by atoms with Crippen LogP contribution >= 0.6 is 0 Å². The SMILES string of the molecule is CC(=O)c1ccc(NC(=O)c2ccc(C(C)C)cc2C(C)C)cc1. The van der Waals surface area contributed by atoms with Crippen LogP contribution in [-0.2, 0) is 0 Å². The monoisotopic (exact) mass is 323 g/mol. The Balaban J connectivity index is 2.27. The van der Waals surface area contributed by atoms with Crippen molar-refractivity contribution in [2.24, 2.45) is 0 Å². The first-order valence-electron chi connectivity index (χ1n) is 8.35. The highest BCUT2D eigenvalue weighted by Gasteiger charge is 2.15. The summed E-state index contributed by atoms with van der Waals surface area (Å²) in [5.41, 5.74) is 4.31. The number of nitrogens with one attached hydrogen (secondary N) is 1. The molecule has 2 aromatic rings. The van der Waals surface area contributed by atoms with E-state index in [-0.39, 0.29) is 17.6 Å². The minimum Gasteiger partial charge on any atom is -0.322 e. The Morgan fingerprint density at radius 1 is 0.875 bits per heavy atom. The lowest BCUT2D eigenvalue weighted by Gasteiger charge is -2.16. The number of carbonyl (C=O) groups is 2. The number of ketones is 1. The lowest BCUT2D eigenvalue weighted by molar-refractivity contribution is 0.101. The van der Waals surface area contributed by atoms with E-state index in [1.807, 2.05) is 12.1 Å². The van der Waals surface area contributed by atoms with Crippen LogP contribution in [0.25, 0.3) is 0 Å². The molecule has 24 heavy (non-hydrogen) atoms. The van der Waals surface area contributed by atoms with Gasteiger partial charge in [0.15, 0.2) is 5.78 Å².